The third-order valence-corrected chi connectivity index (χ3v) is 3.80. The number of anilines is 1. The van der Waals surface area contributed by atoms with Crippen molar-refractivity contribution in [3.63, 3.8) is 0 Å². The maximum atomic E-state index is 12.1. The third kappa shape index (κ3) is 3.43. The summed E-state index contributed by atoms with van der Waals surface area (Å²) in [5.74, 6) is 0.414. The van der Waals surface area contributed by atoms with Gasteiger partial charge in [-0.25, -0.2) is 0 Å². The van der Waals surface area contributed by atoms with Crippen molar-refractivity contribution >= 4 is 24.0 Å². The number of hydrogen-bond acceptors (Lipinski definition) is 2. The molecule has 3 N–H and O–H groups in total. The molecule has 0 heterocycles. The summed E-state index contributed by atoms with van der Waals surface area (Å²) in [4.78, 5) is 12.1. The number of amides is 1. The number of carbonyl (C=O) groups excluding carboxylic acids is 1. The first-order valence-corrected chi connectivity index (χ1v) is 6.87. The molecule has 1 aliphatic rings. The highest BCUT2D eigenvalue weighted by molar-refractivity contribution is 6.04. The number of rotatable bonds is 3. The molecule has 0 bridgehead atoms. The van der Waals surface area contributed by atoms with Gasteiger partial charge in [0.05, 0.1) is 0 Å². The van der Waals surface area contributed by atoms with Crippen LogP contribution in [-0.4, -0.2) is 11.9 Å². The lowest BCUT2D eigenvalue weighted by atomic mass is 10.1. The van der Waals surface area contributed by atoms with Crippen LogP contribution in [0.3, 0.4) is 0 Å². The van der Waals surface area contributed by atoms with Gasteiger partial charge >= 0.3 is 0 Å². The van der Waals surface area contributed by atoms with Gasteiger partial charge in [-0.3, -0.25) is 4.79 Å². The minimum absolute atomic E-state index is 0. The molecule has 0 radical (unpaired) electrons. The molecule has 1 amide bonds. The van der Waals surface area contributed by atoms with Crippen LogP contribution in [-0.2, 0) is 0 Å². The van der Waals surface area contributed by atoms with Gasteiger partial charge in [-0.1, -0.05) is 30.3 Å². The van der Waals surface area contributed by atoms with Gasteiger partial charge in [-0.05, 0) is 42.7 Å². The summed E-state index contributed by atoms with van der Waals surface area (Å²) in [6.07, 6.45) is 1.06. The Hall–Kier alpha value is -1.84. The normalized spacial score (nSPS) is 19.5. The van der Waals surface area contributed by atoms with Crippen molar-refractivity contribution in [2.24, 2.45) is 5.73 Å². The minimum Gasteiger partial charge on any atom is -0.327 e. The second-order valence-electron chi connectivity index (χ2n) is 5.40. The van der Waals surface area contributed by atoms with E-state index in [1.807, 2.05) is 43.3 Å². The lowest BCUT2D eigenvalue weighted by Gasteiger charge is -2.10. The van der Waals surface area contributed by atoms with Crippen LogP contribution in [0.4, 0.5) is 5.69 Å². The van der Waals surface area contributed by atoms with Crippen molar-refractivity contribution in [1.82, 2.24) is 0 Å². The van der Waals surface area contributed by atoms with E-state index in [0.29, 0.717) is 17.5 Å². The summed E-state index contributed by atoms with van der Waals surface area (Å²) in [5, 5.41) is 2.95. The Bertz CT molecular complexity index is 642. The van der Waals surface area contributed by atoms with Crippen LogP contribution in [0.2, 0.25) is 0 Å². The van der Waals surface area contributed by atoms with E-state index in [1.54, 1.807) is 0 Å². The van der Waals surface area contributed by atoms with Gasteiger partial charge in [-0.2, -0.15) is 0 Å². The van der Waals surface area contributed by atoms with Gasteiger partial charge in [0, 0.05) is 23.2 Å². The number of benzene rings is 2. The first kappa shape index (κ1) is 15.5. The molecule has 2 unspecified atom stereocenters. The number of carbonyl (C=O) groups is 1. The number of nitrogens with one attached hydrogen (secondary N) is 1. The van der Waals surface area contributed by atoms with E-state index in [1.165, 1.54) is 5.56 Å². The second kappa shape index (κ2) is 6.29. The maximum Gasteiger partial charge on any atom is 0.255 e. The Labute approximate surface area is 131 Å². The first-order valence-electron chi connectivity index (χ1n) is 6.87. The fourth-order valence-corrected chi connectivity index (χ4v) is 2.44. The first-order chi connectivity index (χ1) is 9.65. The standard InChI is InChI=1S/C17H18N2O.ClH/c1-11-9-13(14-10-15(14)18)7-8-16(11)19-17(20)12-5-3-2-4-6-12;/h2-9,14-15H,10,18H2,1H3,(H,19,20);1H. The predicted octanol–water partition coefficient (Wildman–Crippen LogP) is 3.48. The molecule has 2 atom stereocenters. The average Bonchev–Trinajstić information content (AvgIpc) is 3.19. The van der Waals surface area contributed by atoms with E-state index in [9.17, 15) is 4.79 Å². The van der Waals surface area contributed by atoms with Crippen LogP contribution >= 0.6 is 12.4 Å². The van der Waals surface area contributed by atoms with Crippen molar-refractivity contribution < 1.29 is 4.79 Å². The highest BCUT2D eigenvalue weighted by Gasteiger charge is 2.34. The van der Waals surface area contributed by atoms with Gasteiger partial charge in [0.15, 0.2) is 0 Å². The quantitative estimate of drug-likeness (QED) is 0.912. The van der Waals surface area contributed by atoms with Gasteiger partial charge in [0.1, 0.15) is 0 Å². The molecule has 1 saturated carbocycles. The molecule has 3 nitrogen and oxygen atoms in total. The average molecular weight is 303 g/mol. The van der Waals surface area contributed by atoms with Gasteiger partial charge in [0.2, 0.25) is 0 Å². The van der Waals surface area contributed by atoms with E-state index < -0.39 is 0 Å². The zero-order chi connectivity index (χ0) is 14.1. The van der Waals surface area contributed by atoms with Crippen molar-refractivity contribution in [2.45, 2.75) is 25.3 Å². The van der Waals surface area contributed by atoms with Crippen LogP contribution < -0.4 is 11.1 Å². The lowest BCUT2D eigenvalue weighted by Crippen LogP contribution is -2.12. The molecule has 21 heavy (non-hydrogen) atoms. The SMILES string of the molecule is Cc1cc(C2CC2N)ccc1NC(=O)c1ccccc1.Cl. The predicted molar refractivity (Wildman–Crippen MR) is 88.2 cm³/mol. The summed E-state index contributed by atoms with van der Waals surface area (Å²) in [6, 6.07) is 15.7. The second-order valence-corrected chi connectivity index (χ2v) is 5.40. The van der Waals surface area contributed by atoms with Crippen LogP contribution in [0.25, 0.3) is 0 Å². The number of aryl methyl sites for hydroxylation is 1. The van der Waals surface area contributed by atoms with Gasteiger partial charge in [-0.15, -0.1) is 12.4 Å². The van der Waals surface area contributed by atoms with E-state index in [2.05, 4.69) is 17.4 Å². The smallest absolute Gasteiger partial charge is 0.255 e. The highest BCUT2D eigenvalue weighted by atomic mass is 35.5. The van der Waals surface area contributed by atoms with Crippen LogP contribution in [0.5, 0.6) is 0 Å². The molecule has 2 aromatic rings. The lowest BCUT2D eigenvalue weighted by molar-refractivity contribution is 0.102. The molecule has 3 rings (SSSR count). The van der Waals surface area contributed by atoms with E-state index in [4.69, 9.17) is 5.73 Å². The Morgan fingerprint density at radius 1 is 1.19 bits per heavy atom. The summed E-state index contributed by atoms with van der Waals surface area (Å²) < 4.78 is 0. The fourth-order valence-electron chi connectivity index (χ4n) is 2.44. The molecule has 0 aromatic heterocycles. The van der Waals surface area contributed by atoms with E-state index >= 15 is 0 Å². The molecule has 0 aliphatic heterocycles. The molecule has 110 valence electrons. The van der Waals surface area contributed by atoms with Crippen molar-refractivity contribution in [1.29, 1.82) is 0 Å². The number of halogens is 1. The van der Waals surface area contributed by atoms with Crippen LogP contribution in [0, 0.1) is 6.92 Å². The van der Waals surface area contributed by atoms with Crippen LogP contribution in [0.1, 0.15) is 33.8 Å². The van der Waals surface area contributed by atoms with Gasteiger partial charge < -0.3 is 11.1 Å². The Balaban J connectivity index is 0.00000161. The largest absolute Gasteiger partial charge is 0.327 e. The maximum absolute atomic E-state index is 12.1. The minimum atomic E-state index is -0.0791. The molecule has 4 heteroatoms. The van der Waals surface area contributed by atoms with Crippen molar-refractivity contribution in [3.8, 4) is 0 Å². The van der Waals surface area contributed by atoms with Crippen LogP contribution in [0.15, 0.2) is 48.5 Å². The highest BCUT2D eigenvalue weighted by Crippen LogP contribution is 2.39. The number of hydrogen-bond donors (Lipinski definition) is 2. The summed E-state index contributed by atoms with van der Waals surface area (Å²) in [6.45, 7) is 2.01. The topological polar surface area (TPSA) is 55.1 Å². The van der Waals surface area contributed by atoms with E-state index in [0.717, 1.165) is 17.7 Å². The monoisotopic (exact) mass is 302 g/mol. The Morgan fingerprint density at radius 3 is 2.43 bits per heavy atom. The zero-order valence-electron chi connectivity index (χ0n) is 11.9. The summed E-state index contributed by atoms with van der Waals surface area (Å²) in [7, 11) is 0. The molecule has 0 saturated heterocycles. The Morgan fingerprint density at radius 2 is 1.86 bits per heavy atom. The van der Waals surface area contributed by atoms with Gasteiger partial charge in [0.25, 0.3) is 5.91 Å². The molecule has 0 spiro atoms. The summed E-state index contributed by atoms with van der Waals surface area (Å²) >= 11 is 0. The van der Waals surface area contributed by atoms with Crippen molar-refractivity contribution in [2.75, 3.05) is 5.32 Å². The number of nitrogens with two attached hydrogens (primary N) is 1. The zero-order valence-corrected chi connectivity index (χ0v) is 12.7. The Kier molecular flexibility index (Phi) is 4.66. The molecule has 1 fully saturated rings. The molecular formula is C17H19ClN2O. The summed E-state index contributed by atoms with van der Waals surface area (Å²) in [5.41, 5.74) is 9.74. The molecular weight excluding hydrogens is 284 g/mol. The van der Waals surface area contributed by atoms with Crippen molar-refractivity contribution in [3.05, 3.63) is 65.2 Å². The molecule has 2 aromatic carbocycles. The third-order valence-electron chi connectivity index (χ3n) is 3.80. The molecule has 1 aliphatic carbocycles. The van der Waals surface area contributed by atoms with E-state index in [-0.39, 0.29) is 18.3 Å². The fraction of sp³-hybridized carbons (Fsp3) is 0.235.